The Kier molecular flexibility index (Phi) is 4.28. The van der Waals surface area contributed by atoms with E-state index in [0.29, 0.717) is 17.0 Å². The van der Waals surface area contributed by atoms with Gasteiger partial charge in [0.1, 0.15) is 0 Å². The van der Waals surface area contributed by atoms with Gasteiger partial charge in [-0.3, -0.25) is 4.90 Å². The highest BCUT2D eigenvalue weighted by molar-refractivity contribution is 7.90. The first kappa shape index (κ1) is 14.5. The van der Waals surface area contributed by atoms with Gasteiger partial charge in [-0.2, -0.15) is 0 Å². The van der Waals surface area contributed by atoms with Crippen LogP contribution in [0.3, 0.4) is 0 Å². The third-order valence-electron chi connectivity index (χ3n) is 3.88. The van der Waals surface area contributed by atoms with E-state index in [-0.39, 0.29) is 0 Å². The second-order valence-corrected chi connectivity index (χ2v) is 7.18. The normalized spacial score (nSPS) is 18.3. The summed E-state index contributed by atoms with van der Waals surface area (Å²) in [5.74, 6) is 0. The van der Waals surface area contributed by atoms with Crippen LogP contribution in [0.4, 0.5) is 0 Å². The molecule has 1 heterocycles. The van der Waals surface area contributed by atoms with Gasteiger partial charge in [-0.25, -0.2) is 8.42 Å². The van der Waals surface area contributed by atoms with Crippen LogP contribution in [0.5, 0.6) is 0 Å². The summed E-state index contributed by atoms with van der Waals surface area (Å²) in [5, 5.41) is 3.29. The smallest absolute Gasteiger partial charge is 0.175 e. The fourth-order valence-electron chi connectivity index (χ4n) is 2.54. The number of benzene rings is 1. The highest BCUT2D eigenvalue weighted by Gasteiger charge is 2.27. The molecule has 0 aromatic heterocycles. The molecule has 1 aliphatic rings. The molecule has 1 unspecified atom stereocenters. The van der Waals surface area contributed by atoms with E-state index in [2.05, 4.69) is 24.1 Å². The topological polar surface area (TPSA) is 49.4 Å². The molecule has 1 fully saturated rings. The molecule has 1 aromatic carbocycles. The molecule has 2 rings (SSSR count). The number of likely N-dealkylation sites (N-methyl/N-ethyl adjacent to an activating group) is 1. The van der Waals surface area contributed by atoms with Gasteiger partial charge < -0.3 is 5.32 Å². The van der Waals surface area contributed by atoms with Gasteiger partial charge in [-0.1, -0.05) is 19.1 Å². The molecule has 5 heteroatoms. The van der Waals surface area contributed by atoms with Crippen LogP contribution < -0.4 is 5.32 Å². The Balaban J connectivity index is 2.16. The summed E-state index contributed by atoms with van der Waals surface area (Å²) in [6.45, 7) is 7.43. The number of hydrogen-bond acceptors (Lipinski definition) is 4. The lowest BCUT2D eigenvalue weighted by Gasteiger charge is -2.41. The molecule has 1 aromatic rings. The van der Waals surface area contributed by atoms with Crippen LogP contribution in [0.2, 0.25) is 0 Å². The summed E-state index contributed by atoms with van der Waals surface area (Å²) >= 11 is 0. The Morgan fingerprint density at radius 3 is 2.26 bits per heavy atom. The van der Waals surface area contributed by atoms with Gasteiger partial charge in [0.2, 0.25) is 0 Å². The highest BCUT2D eigenvalue weighted by atomic mass is 32.2. The third kappa shape index (κ3) is 3.16. The minimum Gasteiger partial charge on any atom is -0.314 e. The van der Waals surface area contributed by atoms with Crippen molar-refractivity contribution in [3.63, 3.8) is 0 Å². The van der Waals surface area contributed by atoms with E-state index in [1.54, 1.807) is 12.1 Å². The van der Waals surface area contributed by atoms with Crippen LogP contribution in [0.15, 0.2) is 29.2 Å². The summed E-state index contributed by atoms with van der Waals surface area (Å²) in [6, 6.07) is 8.16. The summed E-state index contributed by atoms with van der Waals surface area (Å²) < 4.78 is 22.9. The Hall–Kier alpha value is -0.910. The minimum atomic E-state index is -3.10. The number of nitrogens with zero attached hydrogens (tertiary/aromatic N) is 1. The summed E-state index contributed by atoms with van der Waals surface area (Å²) in [7, 11) is -3.10. The maximum atomic E-state index is 11.4. The molecule has 4 nitrogen and oxygen atoms in total. The predicted octanol–water partition coefficient (Wildman–Crippen LogP) is 1.44. The van der Waals surface area contributed by atoms with Crippen molar-refractivity contribution >= 4 is 9.84 Å². The van der Waals surface area contributed by atoms with Gasteiger partial charge in [0.25, 0.3) is 0 Å². The van der Waals surface area contributed by atoms with Crippen molar-refractivity contribution in [3.8, 4) is 0 Å². The van der Waals surface area contributed by atoms with Crippen LogP contribution in [0.1, 0.15) is 25.5 Å². The number of sulfone groups is 1. The largest absolute Gasteiger partial charge is 0.314 e. The van der Waals surface area contributed by atoms with Crippen molar-refractivity contribution in [2.75, 3.05) is 25.9 Å². The van der Waals surface area contributed by atoms with E-state index in [1.807, 2.05) is 12.1 Å². The molecule has 1 saturated heterocycles. The molecule has 0 saturated carbocycles. The molecule has 0 amide bonds. The zero-order valence-electron chi connectivity index (χ0n) is 11.8. The first-order valence-electron chi connectivity index (χ1n) is 6.70. The lowest BCUT2D eigenvalue weighted by Crippen LogP contribution is -2.57. The van der Waals surface area contributed by atoms with Crippen molar-refractivity contribution in [2.45, 2.75) is 30.8 Å². The van der Waals surface area contributed by atoms with Crippen molar-refractivity contribution in [3.05, 3.63) is 29.8 Å². The average Bonchev–Trinajstić information content (AvgIpc) is 2.31. The van der Waals surface area contributed by atoms with Gasteiger partial charge in [0.15, 0.2) is 9.84 Å². The van der Waals surface area contributed by atoms with Crippen molar-refractivity contribution < 1.29 is 8.42 Å². The molecule has 106 valence electrons. The number of hydrogen-bond donors (Lipinski definition) is 1. The van der Waals surface area contributed by atoms with Crippen molar-refractivity contribution in [1.29, 1.82) is 0 Å². The standard InChI is InChI=1S/C14H22N2O2S/c1-4-16(13-9-15-10-13)11(2)12-5-7-14(8-6-12)19(3,17)18/h5-8,11,13,15H,4,9-10H2,1-3H3. The maximum Gasteiger partial charge on any atom is 0.175 e. The van der Waals surface area contributed by atoms with E-state index in [4.69, 9.17) is 0 Å². The van der Waals surface area contributed by atoms with Crippen LogP contribution in [-0.2, 0) is 9.84 Å². The van der Waals surface area contributed by atoms with Crippen molar-refractivity contribution in [1.82, 2.24) is 10.2 Å². The fraction of sp³-hybridized carbons (Fsp3) is 0.571. The van der Waals surface area contributed by atoms with Crippen LogP contribution in [0.25, 0.3) is 0 Å². The van der Waals surface area contributed by atoms with Gasteiger partial charge in [-0.05, 0) is 31.2 Å². The monoisotopic (exact) mass is 282 g/mol. The second kappa shape index (κ2) is 5.61. The number of nitrogens with one attached hydrogen (secondary N) is 1. The maximum absolute atomic E-state index is 11.4. The van der Waals surface area contributed by atoms with E-state index < -0.39 is 9.84 Å². The molecular weight excluding hydrogens is 260 g/mol. The summed E-state index contributed by atoms with van der Waals surface area (Å²) in [6.07, 6.45) is 1.24. The molecular formula is C14H22N2O2S. The quantitative estimate of drug-likeness (QED) is 0.888. The Morgan fingerprint density at radius 2 is 1.89 bits per heavy atom. The van der Waals surface area contributed by atoms with Gasteiger partial charge in [0.05, 0.1) is 4.90 Å². The Labute approximate surface area is 115 Å². The predicted molar refractivity (Wildman–Crippen MR) is 77.0 cm³/mol. The third-order valence-corrected chi connectivity index (χ3v) is 5.01. The van der Waals surface area contributed by atoms with E-state index in [9.17, 15) is 8.42 Å². The van der Waals surface area contributed by atoms with E-state index in [0.717, 1.165) is 19.6 Å². The first-order valence-corrected chi connectivity index (χ1v) is 8.59. The highest BCUT2D eigenvalue weighted by Crippen LogP contribution is 2.24. The van der Waals surface area contributed by atoms with Gasteiger partial charge >= 0.3 is 0 Å². The summed E-state index contributed by atoms with van der Waals surface area (Å²) in [5.41, 5.74) is 1.17. The fourth-order valence-corrected chi connectivity index (χ4v) is 3.17. The summed E-state index contributed by atoms with van der Waals surface area (Å²) in [4.78, 5) is 2.84. The zero-order chi connectivity index (χ0) is 14.0. The average molecular weight is 282 g/mol. The molecule has 0 radical (unpaired) electrons. The van der Waals surface area contributed by atoms with Crippen molar-refractivity contribution in [2.24, 2.45) is 0 Å². The zero-order valence-corrected chi connectivity index (χ0v) is 12.6. The molecule has 1 N–H and O–H groups in total. The molecule has 0 bridgehead atoms. The Bertz CT molecular complexity index is 521. The number of rotatable bonds is 5. The first-order chi connectivity index (χ1) is 8.93. The van der Waals surface area contributed by atoms with E-state index in [1.165, 1.54) is 11.8 Å². The van der Waals surface area contributed by atoms with Crippen LogP contribution >= 0.6 is 0 Å². The van der Waals surface area contributed by atoms with E-state index >= 15 is 0 Å². The molecule has 1 atom stereocenters. The molecule has 19 heavy (non-hydrogen) atoms. The molecule has 0 aliphatic carbocycles. The lowest BCUT2D eigenvalue weighted by molar-refractivity contribution is 0.110. The molecule has 1 aliphatic heterocycles. The van der Waals surface area contributed by atoms with Gasteiger partial charge in [-0.15, -0.1) is 0 Å². The van der Waals surface area contributed by atoms with Gasteiger partial charge in [0, 0.05) is 31.4 Å². The Morgan fingerprint density at radius 1 is 1.32 bits per heavy atom. The van der Waals surface area contributed by atoms with Crippen LogP contribution in [0, 0.1) is 0 Å². The van der Waals surface area contributed by atoms with Crippen LogP contribution in [-0.4, -0.2) is 45.2 Å². The SMILES string of the molecule is CCN(C1CNC1)C(C)c1ccc(S(C)(=O)=O)cc1. The second-order valence-electron chi connectivity index (χ2n) is 5.16. The molecule has 0 spiro atoms. The lowest BCUT2D eigenvalue weighted by atomic mass is 10.0. The minimum absolute atomic E-state index is 0.311.